The maximum absolute atomic E-state index is 12.6. The number of nitrogens with zero attached hydrogens (tertiary/aromatic N) is 1. The fourth-order valence-electron chi connectivity index (χ4n) is 2.54. The summed E-state index contributed by atoms with van der Waals surface area (Å²) in [7, 11) is 0. The van der Waals surface area contributed by atoms with Crippen LogP contribution in [0.4, 0.5) is 5.69 Å². The number of benzene rings is 2. The van der Waals surface area contributed by atoms with E-state index in [2.05, 4.69) is 10.9 Å². The highest BCUT2D eigenvalue weighted by Crippen LogP contribution is 2.31. The largest absolute Gasteiger partial charge is 0.299 e. The third kappa shape index (κ3) is 5.31. The number of anilines is 1. The van der Waals surface area contributed by atoms with Gasteiger partial charge in [-0.25, -0.2) is 0 Å². The second kappa shape index (κ2) is 9.34. The summed E-state index contributed by atoms with van der Waals surface area (Å²) < 4.78 is 0.374. The summed E-state index contributed by atoms with van der Waals surface area (Å²) in [4.78, 5) is 26.6. The molecule has 1 heterocycles. The Labute approximate surface area is 173 Å². The number of nitrogens with one attached hydrogen (secondary N) is 2. The number of para-hydroxylation sites is 1. The SMILES string of the molecule is CC(/C=C1\SC(=S)N(CC(=O)NNc2ccccc2)C1=O)=C\c1ccccc1. The lowest BCUT2D eigenvalue weighted by atomic mass is 10.1. The molecule has 0 aliphatic carbocycles. The Morgan fingerprint density at radius 1 is 1.11 bits per heavy atom. The van der Waals surface area contributed by atoms with E-state index in [0.717, 1.165) is 16.8 Å². The molecule has 1 fully saturated rings. The molecule has 0 saturated carbocycles. The van der Waals surface area contributed by atoms with Crippen LogP contribution < -0.4 is 10.9 Å². The molecular weight excluding hydrogens is 390 g/mol. The molecular formula is C21H19N3O2S2. The number of carbonyl (C=O) groups is 2. The lowest BCUT2D eigenvalue weighted by Crippen LogP contribution is -2.41. The normalized spacial score (nSPS) is 15.8. The van der Waals surface area contributed by atoms with Gasteiger partial charge in [0.1, 0.15) is 10.9 Å². The number of allylic oxidation sites excluding steroid dienone is 2. The van der Waals surface area contributed by atoms with Gasteiger partial charge < -0.3 is 0 Å². The van der Waals surface area contributed by atoms with Crippen molar-refractivity contribution in [2.45, 2.75) is 6.92 Å². The van der Waals surface area contributed by atoms with E-state index >= 15 is 0 Å². The molecule has 2 N–H and O–H groups in total. The molecule has 142 valence electrons. The molecule has 2 aromatic rings. The van der Waals surface area contributed by atoms with Crippen molar-refractivity contribution in [3.05, 3.63) is 82.8 Å². The minimum Gasteiger partial charge on any atom is -0.299 e. The summed E-state index contributed by atoms with van der Waals surface area (Å²) in [5.74, 6) is -0.608. The average Bonchev–Trinajstić information content (AvgIpc) is 2.95. The van der Waals surface area contributed by atoms with Crippen molar-refractivity contribution in [2.75, 3.05) is 12.0 Å². The zero-order chi connectivity index (χ0) is 19.9. The molecule has 1 aliphatic heterocycles. The van der Waals surface area contributed by atoms with Crippen LogP contribution >= 0.6 is 24.0 Å². The van der Waals surface area contributed by atoms with Gasteiger partial charge in [0.15, 0.2) is 0 Å². The number of thiocarbonyl (C=S) groups is 1. The number of thioether (sulfide) groups is 1. The number of hydrogen-bond acceptors (Lipinski definition) is 5. The molecule has 0 unspecified atom stereocenters. The van der Waals surface area contributed by atoms with Gasteiger partial charge in [-0.3, -0.25) is 25.3 Å². The minimum absolute atomic E-state index is 0.136. The molecule has 0 atom stereocenters. The van der Waals surface area contributed by atoms with E-state index in [1.165, 1.54) is 16.7 Å². The number of hydrogen-bond donors (Lipinski definition) is 2. The zero-order valence-corrected chi connectivity index (χ0v) is 16.8. The lowest BCUT2D eigenvalue weighted by Gasteiger charge is -2.15. The minimum atomic E-state index is -0.349. The van der Waals surface area contributed by atoms with Crippen LogP contribution in [-0.4, -0.2) is 27.6 Å². The highest BCUT2D eigenvalue weighted by atomic mass is 32.2. The monoisotopic (exact) mass is 409 g/mol. The summed E-state index contributed by atoms with van der Waals surface area (Å²) >= 11 is 6.49. The molecule has 2 aromatic carbocycles. The highest BCUT2D eigenvalue weighted by Gasteiger charge is 2.33. The smallest absolute Gasteiger partial charge is 0.266 e. The van der Waals surface area contributed by atoms with Gasteiger partial charge in [0.2, 0.25) is 0 Å². The van der Waals surface area contributed by atoms with Crippen molar-refractivity contribution in [3.8, 4) is 0 Å². The third-order valence-corrected chi connectivity index (χ3v) is 5.23. The first kappa shape index (κ1) is 19.9. The molecule has 5 nitrogen and oxygen atoms in total. The van der Waals surface area contributed by atoms with Crippen LogP contribution in [0.5, 0.6) is 0 Å². The quantitative estimate of drug-likeness (QED) is 0.429. The van der Waals surface area contributed by atoms with Crippen molar-refractivity contribution in [2.24, 2.45) is 0 Å². The van der Waals surface area contributed by atoms with Gasteiger partial charge in [-0.2, -0.15) is 0 Å². The fraction of sp³-hybridized carbons (Fsp3) is 0.0952. The average molecular weight is 410 g/mol. The fourth-order valence-corrected chi connectivity index (χ4v) is 3.85. The van der Waals surface area contributed by atoms with E-state index in [-0.39, 0.29) is 18.4 Å². The van der Waals surface area contributed by atoms with Gasteiger partial charge in [-0.1, -0.05) is 78.6 Å². The van der Waals surface area contributed by atoms with Crippen LogP contribution in [0, 0.1) is 0 Å². The van der Waals surface area contributed by atoms with Crippen molar-refractivity contribution >= 4 is 51.9 Å². The second-order valence-electron chi connectivity index (χ2n) is 6.11. The Bertz CT molecular complexity index is 941. The van der Waals surface area contributed by atoms with E-state index in [1.54, 1.807) is 6.08 Å². The van der Waals surface area contributed by atoms with Gasteiger partial charge >= 0.3 is 0 Å². The third-order valence-electron chi connectivity index (χ3n) is 3.85. The van der Waals surface area contributed by atoms with Crippen molar-refractivity contribution in [1.82, 2.24) is 10.3 Å². The highest BCUT2D eigenvalue weighted by molar-refractivity contribution is 8.26. The van der Waals surface area contributed by atoms with Crippen LogP contribution in [-0.2, 0) is 9.59 Å². The van der Waals surface area contributed by atoms with E-state index in [0.29, 0.717) is 9.23 Å². The van der Waals surface area contributed by atoms with Crippen molar-refractivity contribution in [3.63, 3.8) is 0 Å². The van der Waals surface area contributed by atoms with Crippen LogP contribution in [0.2, 0.25) is 0 Å². The summed E-state index contributed by atoms with van der Waals surface area (Å²) in [5.41, 5.74) is 8.12. The molecule has 0 bridgehead atoms. The topological polar surface area (TPSA) is 61.4 Å². The molecule has 3 rings (SSSR count). The lowest BCUT2D eigenvalue weighted by molar-refractivity contribution is -0.128. The molecule has 1 aliphatic rings. The van der Waals surface area contributed by atoms with E-state index < -0.39 is 0 Å². The standard InChI is InChI=1S/C21H19N3O2S2/c1-15(12-16-8-4-2-5-9-16)13-18-20(26)24(21(27)28-18)14-19(25)23-22-17-10-6-3-7-11-17/h2-13,22H,14H2,1H3,(H,23,25)/b15-12+,18-13-. The van der Waals surface area contributed by atoms with Crippen molar-refractivity contribution < 1.29 is 9.59 Å². The van der Waals surface area contributed by atoms with Crippen molar-refractivity contribution in [1.29, 1.82) is 0 Å². The number of amides is 2. The van der Waals surface area contributed by atoms with Crippen LogP contribution in [0.15, 0.2) is 77.2 Å². The summed E-state index contributed by atoms with van der Waals surface area (Å²) in [5, 5.41) is 0. The summed E-state index contributed by atoms with van der Waals surface area (Å²) in [6.07, 6.45) is 3.79. The van der Waals surface area contributed by atoms with Gasteiger partial charge in [0.05, 0.1) is 10.6 Å². The number of hydrazine groups is 1. The van der Waals surface area contributed by atoms with Gasteiger partial charge in [-0.15, -0.1) is 0 Å². The summed E-state index contributed by atoms with van der Waals surface area (Å²) in [6.45, 7) is 1.79. The molecule has 1 saturated heterocycles. The zero-order valence-electron chi connectivity index (χ0n) is 15.2. The predicted molar refractivity (Wildman–Crippen MR) is 118 cm³/mol. The van der Waals surface area contributed by atoms with E-state index in [9.17, 15) is 9.59 Å². The second-order valence-corrected chi connectivity index (χ2v) is 7.78. The summed E-state index contributed by atoms with van der Waals surface area (Å²) in [6, 6.07) is 19.1. The van der Waals surface area contributed by atoms with E-state index in [1.807, 2.05) is 73.7 Å². The first-order valence-electron chi connectivity index (χ1n) is 8.61. The Kier molecular flexibility index (Phi) is 6.62. The Hall–Kier alpha value is -2.90. The Morgan fingerprint density at radius 2 is 1.75 bits per heavy atom. The van der Waals surface area contributed by atoms with Crippen LogP contribution in [0.3, 0.4) is 0 Å². The Balaban J connectivity index is 1.61. The van der Waals surface area contributed by atoms with Gasteiger partial charge in [0.25, 0.3) is 11.8 Å². The molecule has 0 aromatic heterocycles. The molecule has 28 heavy (non-hydrogen) atoms. The van der Waals surface area contributed by atoms with Crippen LogP contribution in [0.1, 0.15) is 12.5 Å². The molecule has 2 amide bonds. The molecule has 0 spiro atoms. The van der Waals surface area contributed by atoms with Crippen LogP contribution in [0.25, 0.3) is 6.08 Å². The van der Waals surface area contributed by atoms with Gasteiger partial charge in [-0.05, 0) is 36.3 Å². The first-order valence-corrected chi connectivity index (χ1v) is 9.84. The van der Waals surface area contributed by atoms with E-state index in [4.69, 9.17) is 12.2 Å². The Morgan fingerprint density at radius 3 is 2.43 bits per heavy atom. The van der Waals surface area contributed by atoms with Gasteiger partial charge in [0, 0.05) is 0 Å². The molecule has 7 heteroatoms. The number of rotatable bonds is 6. The maximum Gasteiger partial charge on any atom is 0.266 e. The first-order chi connectivity index (χ1) is 13.5. The number of carbonyl (C=O) groups excluding carboxylic acids is 2. The molecule has 0 radical (unpaired) electrons. The predicted octanol–water partition coefficient (Wildman–Crippen LogP) is 3.98. The maximum atomic E-state index is 12.6.